The summed E-state index contributed by atoms with van der Waals surface area (Å²) in [5.74, 6) is 0.437. The molecule has 1 rings (SSSR count). The van der Waals surface area contributed by atoms with Gasteiger partial charge in [0.05, 0.1) is 12.5 Å². The van der Waals surface area contributed by atoms with Crippen molar-refractivity contribution in [3.05, 3.63) is 22.2 Å². The van der Waals surface area contributed by atoms with Crippen LogP contribution in [0.5, 0.6) is 5.75 Å². The van der Waals surface area contributed by atoms with Crippen molar-refractivity contribution in [2.75, 3.05) is 0 Å². The topological polar surface area (TPSA) is 20.2 Å². The van der Waals surface area contributed by atoms with E-state index < -0.39 is 8.07 Å². The molecule has 90 valence electrons. The van der Waals surface area contributed by atoms with Crippen LogP contribution in [0.2, 0.25) is 18.1 Å². The summed E-state index contributed by atoms with van der Waals surface area (Å²) in [6.07, 6.45) is 0. The van der Waals surface area contributed by atoms with Crippen molar-refractivity contribution in [2.45, 2.75) is 45.8 Å². The van der Waals surface area contributed by atoms with Gasteiger partial charge in [0, 0.05) is 0 Å². The molecular weight excluding hydrogens is 280 g/mol. The maximum atomic E-state index is 10.3. The molecule has 0 unspecified atom stereocenters. The number of halogens is 1. The molecule has 0 aliphatic carbocycles. The van der Waals surface area contributed by atoms with Gasteiger partial charge in [-0.25, -0.2) is 0 Å². The van der Waals surface area contributed by atoms with Crippen LogP contribution in [0.4, 0.5) is 0 Å². The van der Waals surface area contributed by atoms with E-state index in [4.69, 9.17) is 0 Å². The summed E-state index contributed by atoms with van der Waals surface area (Å²) in [5, 5.41) is 11.7. The Kier molecular flexibility index (Phi) is 3.61. The smallest absolute Gasteiger partial charge is 0.129 e. The molecule has 1 aromatic rings. The first-order valence-electron chi connectivity index (χ1n) is 5.57. The molecule has 16 heavy (non-hydrogen) atoms. The van der Waals surface area contributed by atoms with Crippen LogP contribution in [0.15, 0.2) is 16.6 Å². The SMILES string of the molecule is Cc1ccc(Br)c(O)c1[Si](C)(C)C(C)(C)C. The Hall–Kier alpha value is -0.283. The van der Waals surface area contributed by atoms with Crippen molar-refractivity contribution in [1.82, 2.24) is 0 Å². The van der Waals surface area contributed by atoms with Crippen molar-refractivity contribution < 1.29 is 5.11 Å². The zero-order chi connectivity index (χ0) is 12.7. The summed E-state index contributed by atoms with van der Waals surface area (Å²) in [5.41, 5.74) is 1.20. The molecule has 0 saturated heterocycles. The van der Waals surface area contributed by atoms with Crippen LogP contribution in [0.3, 0.4) is 0 Å². The lowest BCUT2D eigenvalue weighted by Crippen LogP contribution is -2.50. The Morgan fingerprint density at radius 3 is 2.12 bits per heavy atom. The standard InChI is InChI=1S/C13H21BrOSi/c1-9-7-8-10(14)11(15)12(9)16(5,6)13(2,3)4/h7-8,15H,1-6H3. The zero-order valence-corrected chi connectivity index (χ0v) is 13.6. The van der Waals surface area contributed by atoms with Crippen LogP contribution >= 0.6 is 15.9 Å². The minimum absolute atomic E-state index is 0.232. The van der Waals surface area contributed by atoms with E-state index in [-0.39, 0.29) is 5.04 Å². The zero-order valence-electron chi connectivity index (χ0n) is 11.0. The molecule has 0 saturated carbocycles. The van der Waals surface area contributed by atoms with Gasteiger partial charge in [-0.15, -0.1) is 0 Å². The summed E-state index contributed by atoms with van der Waals surface area (Å²) in [7, 11) is -1.68. The summed E-state index contributed by atoms with van der Waals surface area (Å²) < 4.78 is 0.804. The highest BCUT2D eigenvalue weighted by Crippen LogP contribution is 2.39. The van der Waals surface area contributed by atoms with Gasteiger partial charge in [-0.2, -0.15) is 0 Å². The number of aryl methyl sites for hydroxylation is 1. The highest BCUT2D eigenvalue weighted by atomic mass is 79.9. The molecule has 0 aliphatic rings. The van der Waals surface area contributed by atoms with E-state index in [9.17, 15) is 5.11 Å². The van der Waals surface area contributed by atoms with Gasteiger partial charge in [0.15, 0.2) is 0 Å². The molecule has 3 heteroatoms. The molecule has 0 atom stereocenters. The second-order valence-electron chi connectivity index (χ2n) is 5.96. The fraction of sp³-hybridized carbons (Fsp3) is 0.538. The monoisotopic (exact) mass is 300 g/mol. The Morgan fingerprint density at radius 1 is 1.19 bits per heavy atom. The normalized spacial score (nSPS) is 12.9. The number of aromatic hydroxyl groups is 1. The molecule has 0 amide bonds. The van der Waals surface area contributed by atoms with Gasteiger partial charge < -0.3 is 5.11 Å². The largest absolute Gasteiger partial charge is 0.507 e. The van der Waals surface area contributed by atoms with E-state index in [0.29, 0.717) is 5.75 Å². The fourth-order valence-corrected chi connectivity index (χ4v) is 4.89. The lowest BCUT2D eigenvalue weighted by atomic mass is 10.2. The van der Waals surface area contributed by atoms with Gasteiger partial charge in [-0.3, -0.25) is 0 Å². The summed E-state index contributed by atoms with van der Waals surface area (Å²) >= 11 is 3.41. The van der Waals surface area contributed by atoms with Crippen LogP contribution in [0.25, 0.3) is 0 Å². The first-order chi connectivity index (χ1) is 7.09. The van der Waals surface area contributed by atoms with E-state index in [0.717, 1.165) is 4.47 Å². The molecule has 0 aromatic heterocycles. The van der Waals surface area contributed by atoms with Crippen molar-refractivity contribution in [2.24, 2.45) is 0 Å². The van der Waals surface area contributed by atoms with E-state index in [1.54, 1.807) is 0 Å². The minimum Gasteiger partial charge on any atom is -0.507 e. The quantitative estimate of drug-likeness (QED) is 0.772. The number of hydrogen-bond acceptors (Lipinski definition) is 1. The first-order valence-corrected chi connectivity index (χ1v) is 9.37. The average Bonchev–Trinajstić information content (AvgIpc) is 2.10. The van der Waals surface area contributed by atoms with Gasteiger partial charge in [0.2, 0.25) is 0 Å². The molecule has 1 N–H and O–H groups in total. The predicted octanol–water partition coefficient (Wildman–Crippen LogP) is 4.18. The third-order valence-electron chi connectivity index (χ3n) is 3.84. The van der Waals surface area contributed by atoms with Crippen molar-refractivity contribution in [3.8, 4) is 5.75 Å². The first kappa shape index (κ1) is 13.8. The lowest BCUT2D eigenvalue weighted by Gasteiger charge is -2.38. The molecule has 1 nitrogen and oxygen atoms in total. The van der Waals surface area contributed by atoms with E-state index >= 15 is 0 Å². The maximum absolute atomic E-state index is 10.3. The molecule has 0 bridgehead atoms. The minimum atomic E-state index is -1.68. The molecular formula is C13H21BrOSi. The Bertz CT molecular complexity index is 405. The molecule has 0 spiro atoms. The highest BCUT2D eigenvalue weighted by molar-refractivity contribution is 9.10. The summed E-state index contributed by atoms with van der Waals surface area (Å²) in [6, 6.07) is 4.00. The number of phenolic OH excluding ortho intramolecular Hbond substituents is 1. The number of rotatable bonds is 1. The number of benzene rings is 1. The molecule has 0 heterocycles. The average molecular weight is 301 g/mol. The van der Waals surface area contributed by atoms with Crippen molar-refractivity contribution in [3.63, 3.8) is 0 Å². The van der Waals surface area contributed by atoms with Gasteiger partial charge in [-0.1, -0.05) is 39.9 Å². The molecule has 0 radical (unpaired) electrons. The third-order valence-corrected chi connectivity index (χ3v) is 10.1. The van der Waals surface area contributed by atoms with Crippen LogP contribution < -0.4 is 5.19 Å². The van der Waals surface area contributed by atoms with Gasteiger partial charge in [0.25, 0.3) is 0 Å². The Labute approximate surface area is 108 Å². The van der Waals surface area contributed by atoms with Crippen LogP contribution in [0, 0.1) is 6.92 Å². The summed E-state index contributed by atoms with van der Waals surface area (Å²) in [4.78, 5) is 0. The molecule has 1 aromatic carbocycles. The lowest BCUT2D eigenvalue weighted by molar-refractivity contribution is 0.475. The Morgan fingerprint density at radius 2 is 1.69 bits per heavy atom. The molecule has 0 aliphatic heterocycles. The summed E-state index contributed by atoms with van der Waals surface area (Å²) in [6.45, 7) is 13.5. The van der Waals surface area contributed by atoms with Crippen LogP contribution in [0.1, 0.15) is 26.3 Å². The van der Waals surface area contributed by atoms with Crippen molar-refractivity contribution >= 4 is 29.2 Å². The predicted molar refractivity (Wildman–Crippen MR) is 77.4 cm³/mol. The van der Waals surface area contributed by atoms with Crippen molar-refractivity contribution in [1.29, 1.82) is 0 Å². The van der Waals surface area contributed by atoms with Gasteiger partial charge >= 0.3 is 0 Å². The maximum Gasteiger partial charge on any atom is 0.129 e. The molecule has 0 fully saturated rings. The number of phenols is 1. The van der Waals surface area contributed by atoms with E-state index in [2.05, 4.69) is 62.8 Å². The second kappa shape index (κ2) is 4.19. The van der Waals surface area contributed by atoms with Crippen LogP contribution in [-0.4, -0.2) is 13.2 Å². The highest BCUT2D eigenvalue weighted by Gasteiger charge is 2.40. The van der Waals surface area contributed by atoms with E-state index in [1.165, 1.54) is 10.8 Å². The third kappa shape index (κ3) is 2.21. The van der Waals surface area contributed by atoms with E-state index in [1.807, 2.05) is 6.07 Å². The second-order valence-corrected chi connectivity index (χ2v) is 12.1. The number of hydrogen-bond donors (Lipinski definition) is 1. The van der Waals surface area contributed by atoms with Gasteiger partial charge in [0.1, 0.15) is 5.75 Å². The fourth-order valence-electron chi connectivity index (χ4n) is 1.83. The van der Waals surface area contributed by atoms with Gasteiger partial charge in [-0.05, 0) is 44.7 Å². The Balaban J connectivity index is 3.50. The van der Waals surface area contributed by atoms with Crippen LogP contribution in [-0.2, 0) is 0 Å².